The van der Waals surface area contributed by atoms with Crippen molar-refractivity contribution in [3.05, 3.63) is 53.6 Å². The molecule has 2 amide bonds. The Morgan fingerprint density at radius 1 is 0.963 bits per heavy atom. The molecule has 0 aromatic heterocycles. The van der Waals surface area contributed by atoms with Crippen LogP contribution in [-0.2, 0) is 4.79 Å². The van der Waals surface area contributed by atoms with Gasteiger partial charge in [0.1, 0.15) is 5.75 Å². The minimum Gasteiger partial charge on any atom is -0.494 e. The smallest absolute Gasteiger partial charge is 0.269 e. The third-order valence-electron chi connectivity index (χ3n) is 3.77. The summed E-state index contributed by atoms with van der Waals surface area (Å²) in [6.07, 6.45) is 0.768. The van der Waals surface area contributed by atoms with Crippen LogP contribution in [0.5, 0.6) is 17.2 Å². The van der Waals surface area contributed by atoms with Gasteiger partial charge in [-0.15, -0.1) is 0 Å². The van der Waals surface area contributed by atoms with Gasteiger partial charge in [0.2, 0.25) is 5.91 Å². The molecule has 2 aromatic rings. The summed E-state index contributed by atoms with van der Waals surface area (Å²) in [4.78, 5) is 24.0. The fourth-order valence-electron chi connectivity index (χ4n) is 2.37. The molecule has 0 saturated heterocycles. The van der Waals surface area contributed by atoms with Crippen LogP contribution in [0.4, 0.5) is 0 Å². The molecular formula is C20H24N2O5. The number of amides is 2. The Hall–Kier alpha value is -3.22. The highest BCUT2D eigenvalue weighted by Gasteiger charge is 2.11. The Morgan fingerprint density at radius 3 is 2.44 bits per heavy atom. The number of carbonyl (C=O) groups excluding carboxylic acids is 2. The largest absolute Gasteiger partial charge is 0.494 e. The number of hydrogen-bond donors (Lipinski definition) is 2. The van der Waals surface area contributed by atoms with Crippen molar-refractivity contribution in [2.45, 2.75) is 19.8 Å². The van der Waals surface area contributed by atoms with Gasteiger partial charge in [-0.25, -0.2) is 0 Å². The highest BCUT2D eigenvalue weighted by molar-refractivity contribution is 5.96. The van der Waals surface area contributed by atoms with Crippen molar-refractivity contribution in [3.8, 4) is 17.2 Å². The maximum atomic E-state index is 12.1. The van der Waals surface area contributed by atoms with Crippen LogP contribution in [0, 0.1) is 6.92 Å². The second kappa shape index (κ2) is 10.1. The molecule has 0 saturated carbocycles. The summed E-state index contributed by atoms with van der Waals surface area (Å²) in [6, 6.07) is 12.5. The monoisotopic (exact) mass is 372 g/mol. The van der Waals surface area contributed by atoms with E-state index in [1.165, 1.54) is 20.3 Å². The summed E-state index contributed by atoms with van der Waals surface area (Å²) in [5.74, 6) is 0.991. The first-order valence-electron chi connectivity index (χ1n) is 8.54. The minimum absolute atomic E-state index is 0.234. The third kappa shape index (κ3) is 6.22. The second-order valence-corrected chi connectivity index (χ2v) is 5.84. The standard InChI is InChI=1S/C20H24N2O5/c1-14-6-4-7-16(12-14)27-11-5-8-19(23)21-22-20(24)15-9-10-17(25-2)18(13-15)26-3/h4,6-7,9-10,12-13H,5,8,11H2,1-3H3,(H,21,23)(H,22,24). The Bertz CT molecular complexity index is 792. The Balaban J connectivity index is 1.72. The summed E-state index contributed by atoms with van der Waals surface area (Å²) < 4.78 is 15.9. The number of benzene rings is 2. The van der Waals surface area contributed by atoms with Crippen molar-refractivity contribution in [1.29, 1.82) is 0 Å². The van der Waals surface area contributed by atoms with Gasteiger partial charge in [-0.3, -0.25) is 20.4 Å². The molecule has 0 heterocycles. The summed E-state index contributed by atoms with van der Waals surface area (Å²) in [5, 5.41) is 0. The van der Waals surface area contributed by atoms with Crippen LogP contribution < -0.4 is 25.1 Å². The van der Waals surface area contributed by atoms with E-state index in [0.717, 1.165) is 11.3 Å². The van der Waals surface area contributed by atoms with Crippen molar-refractivity contribution in [1.82, 2.24) is 10.9 Å². The lowest BCUT2D eigenvalue weighted by atomic mass is 10.2. The van der Waals surface area contributed by atoms with Gasteiger partial charge in [-0.2, -0.15) is 0 Å². The van der Waals surface area contributed by atoms with Crippen molar-refractivity contribution >= 4 is 11.8 Å². The van der Waals surface area contributed by atoms with Gasteiger partial charge in [-0.05, 0) is 49.2 Å². The zero-order valence-corrected chi connectivity index (χ0v) is 15.7. The van der Waals surface area contributed by atoms with Gasteiger partial charge in [-0.1, -0.05) is 12.1 Å². The first-order valence-corrected chi connectivity index (χ1v) is 8.54. The molecule has 144 valence electrons. The highest BCUT2D eigenvalue weighted by Crippen LogP contribution is 2.27. The van der Waals surface area contributed by atoms with E-state index in [1.54, 1.807) is 12.1 Å². The molecule has 0 aliphatic heterocycles. The molecule has 0 bridgehead atoms. The van der Waals surface area contributed by atoms with E-state index >= 15 is 0 Å². The van der Waals surface area contributed by atoms with Gasteiger partial charge < -0.3 is 14.2 Å². The normalized spacial score (nSPS) is 10.0. The third-order valence-corrected chi connectivity index (χ3v) is 3.77. The Kier molecular flexibility index (Phi) is 7.49. The highest BCUT2D eigenvalue weighted by atomic mass is 16.5. The van der Waals surface area contributed by atoms with Gasteiger partial charge in [0, 0.05) is 12.0 Å². The zero-order valence-electron chi connectivity index (χ0n) is 15.7. The van der Waals surface area contributed by atoms with E-state index in [-0.39, 0.29) is 12.3 Å². The maximum Gasteiger partial charge on any atom is 0.269 e. The molecule has 2 rings (SSSR count). The van der Waals surface area contributed by atoms with Crippen molar-refractivity contribution < 1.29 is 23.8 Å². The van der Waals surface area contributed by atoms with Gasteiger partial charge in [0.15, 0.2) is 11.5 Å². The molecule has 2 aromatic carbocycles. The lowest BCUT2D eigenvalue weighted by Gasteiger charge is -2.11. The molecular weight excluding hydrogens is 348 g/mol. The minimum atomic E-state index is -0.444. The van der Waals surface area contributed by atoms with Crippen LogP contribution in [0.1, 0.15) is 28.8 Å². The molecule has 0 spiro atoms. The number of carbonyl (C=O) groups is 2. The molecule has 7 heteroatoms. The van der Waals surface area contributed by atoms with E-state index in [4.69, 9.17) is 14.2 Å². The van der Waals surface area contributed by atoms with Crippen LogP contribution in [0.2, 0.25) is 0 Å². The maximum absolute atomic E-state index is 12.1. The van der Waals surface area contributed by atoms with Crippen LogP contribution in [0.3, 0.4) is 0 Å². The number of hydrazine groups is 1. The van der Waals surface area contributed by atoms with Crippen molar-refractivity contribution in [2.75, 3.05) is 20.8 Å². The first kappa shape index (κ1) is 20.1. The number of ether oxygens (including phenoxy) is 3. The summed E-state index contributed by atoms with van der Waals surface area (Å²) in [5.41, 5.74) is 6.22. The SMILES string of the molecule is COc1ccc(C(=O)NNC(=O)CCCOc2cccc(C)c2)cc1OC. The zero-order chi connectivity index (χ0) is 19.6. The number of methoxy groups -OCH3 is 2. The molecule has 7 nitrogen and oxygen atoms in total. The number of hydrogen-bond acceptors (Lipinski definition) is 5. The fourth-order valence-corrected chi connectivity index (χ4v) is 2.37. The van der Waals surface area contributed by atoms with E-state index in [2.05, 4.69) is 10.9 Å². The van der Waals surface area contributed by atoms with Gasteiger partial charge in [0.05, 0.1) is 20.8 Å². The molecule has 27 heavy (non-hydrogen) atoms. The predicted octanol–water partition coefficient (Wildman–Crippen LogP) is 2.63. The summed E-state index contributed by atoms with van der Waals surface area (Å²) >= 11 is 0. The molecule has 0 aliphatic rings. The average molecular weight is 372 g/mol. The van der Waals surface area contributed by atoms with E-state index in [0.29, 0.717) is 30.1 Å². The first-order chi connectivity index (χ1) is 13.0. The second-order valence-electron chi connectivity index (χ2n) is 5.84. The van der Waals surface area contributed by atoms with E-state index < -0.39 is 5.91 Å². The Morgan fingerprint density at radius 2 is 1.74 bits per heavy atom. The molecule has 0 aliphatic carbocycles. The number of aryl methyl sites for hydroxylation is 1. The molecule has 2 N–H and O–H groups in total. The molecule has 0 radical (unpaired) electrons. The number of rotatable bonds is 8. The summed E-state index contributed by atoms with van der Waals surface area (Å²) in [7, 11) is 3.00. The van der Waals surface area contributed by atoms with Crippen LogP contribution in [-0.4, -0.2) is 32.6 Å². The van der Waals surface area contributed by atoms with Crippen LogP contribution >= 0.6 is 0 Å². The van der Waals surface area contributed by atoms with Gasteiger partial charge in [0.25, 0.3) is 5.91 Å². The number of nitrogens with one attached hydrogen (secondary N) is 2. The topological polar surface area (TPSA) is 85.9 Å². The van der Waals surface area contributed by atoms with Crippen molar-refractivity contribution in [2.24, 2.45) is 0 Å². The Labute approximate surface area is 158 Å². The fraction of sp³-hybridized carbons (Fsp3) is 0.300. The molecule has 0 fully saturated rings. The predicted molar refractivity (Wildman–Crippen MR) is 101 cm³/mol. The van der Waals surface area contributed by atoms with Crippen LogP contribution in [0.25, 0.3) is 0 Å². The lowest BCUT2D eigenvalue weighted by Crippen LogP contribution is -2.41. The van der Waals surface area contributed by atoms with Crippen LogP contribution in [0.15, 0.2) is 42.5 Å². The van der Waals surface area contributed by atoms with Gasteiger partial charge >= 0.3 is 0 Å². The molecule has 0 atom stereocenters. The van der Waals surface area contributed by atoms with E-state index in [9.17, 15) is 9.59 Å². The molecule has 0 unspecified atom stereocenters. The van der Waals surface area contributed by atoms with Crippen molar-refractivity contribution in [3.63, 3.8) is 0 Å². The quantitative estimate of drug-likeness (QED) is 0.550. The summed E-state index contributed by atoms with van der Waals surface area (Å²) in [6.45, 7) is 2.40. The lowest BCUT2D eigenvalue weighted by molar-refractivity contribution is -0.122. The average Bonchev–Trinajstić information content (AvgIpc) is 2.68. The van der Waals surface area contributed by atoms with E-state index in [1.807, 2.05) is 31.2 Å².